The van der Waals surface area contributed by atoms with Crippen LogP contribution in [0.4, 0.5) is 4.39 Å². The molecule has 1 nitrogen and oxygen atoms in total. The second-order valence-corrected chi connectivity index (χ2v) is 3.47. The van der Waals surface area contributed by atoms with E-state index in [0.717, 1.165) is 24.1 Å². The van der Waals surface area contributed by atoms with Crippen molar-refractivity contribution in [3.8, 4) is 0 Å². The molecule has 13 heavy (non-hydrogen) atoms. The second-order valence-electron chi connectivity index (χ2n) is 3.47. The van der Waals surface area contributed by atoms with Gasteiger partial charge in [-0.05, 0) is 37.5 Å². The van der Waals surface area contributed by atoms with Crippen LogP contribution in [0.25, 0.3) is 0 Å². The molecule has 1 aromatic rings. The van der Waals surface area contributed by atoms with E-state index in [9.17, 15) is 4.39 Å². The maximum atomic E-state index is 12.6. The zero-order valence-electron chi connectivity index (χ0n) is 7.63. The fourth-order valence-electron chi connectivity index (χ4n) is 1.60. The Balaban J connectivity index is 2.26. The summed E-state index contributed by atoms with van der Waals surface area (Å²) in [6, 6.07) is 7.00. The molecule has 0 saturated heterocycles. The molecule has 1 aliphatic rings. The predicted octanol–water partition coefficient (Wildman–Crippen LogP) is 2.80. The number of aliphatic imine (C=N–C) groups is 1. The second kappa shape index (κ2) is 3.29. The predicted molar refractivity (Wildman–Crippen MR) is 51.6 cm³/mol. The minimum atomic E-state index is -0.185. The highest BCUT2D eigenvalue weighted by Crippen LogP contribution is 2.18. The van der Waals surface area contributed by atoms with E-state index in [0.29, 0.717) is 6.04 Å². The molecule has 68 valence electrons. The first kappa shape index (κ1) is 8.42. The van der Waals surface area contributed by atoms with Gasteiger partial charge in [0.2, 0.25) is 0 Å². The van der Waals surface area contributed by atoms with Crippen molar-refractivity contribution >= 4 is 5.71 Å². The van der Waals surface area contributed by atoms with Crippen LogP contribution in [-0.4, -0.2) is 11.8 Å². The summed E-state index contributed by atoms with van der Waals surface area (Å²) in [5, 5.41) is 0. The molecule has 0 spiro atoms. The van der Waals surface area contributed by atoms with Gasteiger partial charge in [-0.15, -0.1) is 0 Å². The summed E-state index contributed by atoms with van der Waals surface area (Å²) < 4.78 is 12.6. The van der Waals surface area contributed by atoms with Crippen LogP contribution in [0.3, 0.4) is 0 Å². The highest BCUT2D eigenvalue weighted by molar-refractivity contribution is 6.01. The summed E-state index contributed by atoms with van der Waals surface area (Å²) in [6.45, 7) is 2.11. The van der Waals surface area contributed by atoms with Gasteiger partial charge in [0.1, 0.15) is 5.82 Å². The molecule has 0 N–H and O–H groups in total. The normalized spacial score (nSPS) is 21.7. The summed E-state index contributed by atoms with van der Waals surface area (Å²) in [7, 11) is 0. The monoisotopic (exact) mass is 177 g/mol. The van der Waals surface area contributed by atoms with E-state index in [1.807, 2.05) is 0 Å². The van der Waals surface area contributed by atoms with Gasteiger partial charge in [-0.1, -0.05) is 12.1 Å². The van der Waals surface area contributed by atoms with Crippen LogP contribution < -0.4 is 0 Å². The smallest absolute Gasteiger partial charge is 0.123 e. The Kier molecular flexibility index (Phi) is 2.13. The molecule has 1 atom stereocenters. The summed E-state index contributed by atoms with van der Waals surface area (Å²) in [5.74, 6) is -0.185. The fraction of sp³-hybridized carbons (Fsp3) is 0.364. The van der Waals surface area contributed by atoms with Crippen molar-refractivity contribution in [3.05, 3.63) is 35.6 Å². The van der Waals surface area contributed by atoms with Gasteiger partial charge >= 0.3 is 0 Å². The van der Waals surface area contributed by atoms with E-state index >= 15 is 0 Å². The van der Waals surface area contributed by atoms with Crippen LogP contribution in [0.5, 0.6) is 0 Å². The highest BCUT2D eigenvalue weighted by atomic mass is 19.1. The molecule has 0 unspecified atom stereocenters. The molecule has 1 aromatic carbocycles. The average molecular weight is 177 g/mol. The summed E-state index contributed by atoms with van der Waals surface area (Å²) in [4.78, 5) is 4.48. The lowest BCUT2D eigenvalue weighted by molar-refractivity contribution is 0.628. The number of benzene rings is 1. The third-order valence-corrected chi connectivity index (χ3v) is 2.35. The molecule has 1 heterocycles. The minimum Gasteiger partial charge on any atom is -0.286 e. The maximum Gasteiger partial charge on any atom is 0.123 e. The van der Waals surface area contributed by atoms with E-state index in [-0.39, 0.29) is 5.82 Å². The molecule has 0 fully saturated rings. The Morgan fingerprint density at radius 3 is 2.54 bits per heavy atom. The molecule has 0 saturated carbocycles. The van der Waals surface area contributed by atoms with Crippen molar-refractivity contribution in [2.75, 3.05) is 0 Å². The van der Waals surface area contributed by atoms with E-state index < -0.39 is 0 Å². The first-order chi connectivity index (χ1) is 6.25. The molecule has 2 heteroatoms. The number of rotatable bonds is 1. The third-order valence-electron chi connectivity index (χ3n) is 2.35. The van der Waals surface area contributed by atoms with Gasteiger partial charge in [-0.2, -0.15) is 0 Å². The van der Waals surface area contributed by atoms with Crippen LogP contribution in [0, 0.1) is 5.82 Å². The first-order valence-corrected chi connectivity index (χ1v) is 4.58. The van der Waals surface area contributed by atoms with Crippen LogP contribution in [0.15, 0.2) is 29.3 Å². The first-order valence-electron chi connectivity index (χ1n) is 4.58. The van der Waals surface area contributed by atoms with Crippen molar-refractivity contribution in [2.24, 2.45) is 4.99 Å². The minimum absolute atomic E-state index is 0.185. The van der Waals surface area contributed by atoms with Gasteiger partial charge in [-0.3, -0.25) is 4.99 Å². The highest BCUT2D eigenvalue weighted by Gasteiger charge is 2.14. The maximum absolute atomic E-state index is 12.6. The standard InChI is InChI=1S/C11H12FN/c1-8-2-7-11(13-8)9-3-5-10(12)6-4-9/h3-6,8H,2,7H2,1H3/t8-/m1/s1. The van der Waals surface area contributed by atoms with Crippen LogP contribution in [0.2, 0.25) is 0 Å². The number of hydrogen-bond donors (Lipinski definition) is 0. The SMILES string of the molecule is C[C@@H]1CCC(c2ccc(F)cc2)=N1. The Morgan fingerprint density at radius 1 is 1.31 bits per heavy atom. The zero-order chi connectivity index (χ0) is 9.26. The largest absolute Gasteiger partial charge is 0.286 e. The van der Waals surface area contributed by atoms with Crippen molar-refractivity contribution in [1.29, 1.82) is 0 Å². The Morgan fingerprint density at radius 2 is 2.00 bits per heavy atom. The fourth-order valence-corrected chi connectivity index (χ4v) is 1.60. The third kappa shape index (κ3) is 1.77. The molecular weight excluding hydrogens is 165 g/mol. The van der Waals surface area contributed by atoms with E-state index in [1.165, 1.54) is 12.1 Å². The molecule has 0 bridgehead atoms. The van der Waals surface area contributed by atoms with E-state index in [1.54, 1.807) is 12.1 Å². The molecule has 2 rings (SSSR count). The van der Waals surface area contributed by atoms with Gasteiger partial charge in [0, 0.05) is 11.8 Å². The Hall–Kier alpha value is -1.18. The van der Waals surface area contributed by atoms with Gasteiger partial charge < -0.3 is 0 Å². The number of halogens is 1. The molecular formula is C11H12FN. The molecule has 0 aliphatic carbocycles. The number of nitrogens with zero attached hydrogens (tertiary/aromatic N) is 1. The van der Waals surface area contributed by atoms with Gasteiger partial charge in [0.05, 0.1) is 0 Å². The zero-order valence-corrected chi connectivity index (χ0v) is 7.63. The van der Waals surface area contributed by atoms with Crippen LogP contribution in [0.1, 0.15) is 25.3 Å². The Bertz CT molecular complexity index is 326. The van der Waals surface area contributed by atoms with E-state index in [2.05, 4.69) is 11.9 Å². The molecule has 0 radical (unpaired) electrons. The average Bonchev–Trinajstić information content (AvgIpc) is 2.53. The van der Waals surface area contributed by atoms with Crippen molar-refractivity contribution in [2.45, 2.75) is 25.8 Å². The molecule has 1 aliphatic heterocycles. The lowest BCUT2D eigenvalue weighted by Gasteiger charge is -1.98. The van der Waals surface area contributed by atoms with E-state index in [4.69, 9.17) is 0 Å². The molecule has 0 aromatic heterocycles. The van der Waals surface area contributed by atoms with Crippen LogP contribution in [-0.2, 0) is 0 Å². The lowest BCUT2D eigenvalue weighted by Crippen LogP contribution is -1.95. The quantitative estimate of drug-likeness (QED) is 0.625. The van der Waals surface area contributed by atoms with Crippen molar-refractivity contribution in [3.63, 3.8) is 0 Å². The van der Waals surface area contributed by atoms with Crippen molar-refractivity contribution < 1.29 is 4.39 Å². The topological polar surface area (TPSA) is 12.4 Å². The van der Waals surface area contributed by atoms with Gasteiger partial charge in [-0.25, -0.2) is 4.39 Å². The summed E-state index contributed by atoms with van der Waals surface area (Å²) in [6.07, 6.45) is 2.14. The van der Waals surface area contributed by atoms with Gasteiger partial charge in [0.15, 0.2) is 0 Å². The summed E-state index contributed by atoms with van der Waals surface area (Å²) in [5.41, 5.74) is 2.18. The Labute approximate surface area is 77.3 Å². The van der Waals surface area contributed by atoms with Crippen LogP contribution >= 0.6 is 0 Å². The molecule has 0 amide bonds. The number of hydrogen-bond acceptors (Lipinski definition) is 1. The summed E-state index contributed by atoms with van der Waals surface area (Å²) >= 11 is 0. The lowest BCUT2D eigenvalue weighted by atomic mass is 10.1. The van der Waals surface area contributed by atoms with Crippen molar-refractivity contribution in [1.82, 2.24) is 0 Å². The van der Waals surface area contributed by atoms with Gasteiger partial charge in [0.25, 0.3) is 0 Å².